The van der Waals surface area contributed by atoms with E-state index in [1.54, 1.807) is 25.1 Å². The van der Waals surface area contributed by atoms with Crippen molar-refractivity contribution in [2.45, 2.75) is 26.8 Å². The van der Waals surface area contributed by atoms with Gasteiger partial charge in [-0.05, 0) is 35.9 Å². The molecule has 0 bridgehead atoms. The van der Waals surface area contributed by atoms with Gasteiger partial charge in [0, 0.05) is 17.0 Å². The number of nitro benzene ring substituents is 1. The van der Waals surface area contributed by atoms with Gasteiger partial charge < -0.3 is 4.74 Å². The summed E-state index contributed by atoms with van der Waals surface area (Å²) >= 11 is 2.63. The summed E-state index contributed by atoms with van der Waals surface area (Å²) in [6.45, 7) is 5.91. The average Bonchev–Trinajstić information content (AvgIpc) is 3.40. The van der Waals surface area contributed by atoms with E-state index < -0.39 is 16.9 Å². The van der Waals surface area contributed by atoms with Crippen LogP contribution in [0.4, 0.5) is 5.69 Å². The molecule has 0 aliphatic carbocycles. The van der Waals surface area contributed by atoms with Crippen molar-refractivity contribution in [3.05, 3.63) is 93.3 Å². The number of hydrogen-bond donors (Lipinski definition) is 0. The number of carbonyl (C=O) groups is 1. The van der Waals surface area contributed by atoms with Gasteiger partial charge in [-0.3, -0.25) is 19.5 Å². The zero-order valence-electron chi connectivity index (χ0n) is 18.2. The molecular weight excluding hydrogens is 462 g/mol. The average molecular weight is 484 g/mol. The Hall–Kier alpha value is -3.37. The van der Waals surface area contributed by atoms with E-state index in [2.05, 4.69) is 4.99 Å². The number of esters is 1. The van der Waals surface area contributed by atoms with Crippen molar-refractivity contribution in [2.24, 2.45) is 10.9 Å². The highest BCUT2D eigenvalue weighted by Crippen LogP contribution is 2.33. The van der Waals surface area contributed by atoms with Crippen LogP contribution >= 0.6 is 22.7 Å². The minimum atomic E-state index is -0.645. The molecule has 0 radical (unpaired) electrons. The standard InChI is InChI=1S/C23H21N3O5S2/c1-13(2)12-31-22(28)19-14(3)24-23-25(20(19)17-8-5-9-32-17)21(27)18(33-23)11-15-6-4-7-16(10-15)26(29)30/h4-11,13,20H,12H2,1-3H3. The summed E-state index contributed by atoms with van der Waals surface area (Å²) in [5.41, 5.74) is 1.01. The van der Waals surface area contributed by atoms with Gasteiger partial charge in [-0.25, -0.2) is 9.79 Å². The monoisotopic (exact) mass is 483 g/mol. The van der Waals surface area contributed by atoms with Gasteiger partial charge in [-0.15, -0.1) is 11.3 Å². The maximum Gasteiger partial charge on any atom is 0.338 e. The molecule has 10 heteroatoms. The lowest BCUT2D eigenvalue weighted by atomic mass is 10.0. The third kappa shape index (κ3) is 4.57. The van der Waals surface area contributed by atoms with E-state index in [1.807, 2.05) is 31.4 Å². The molecule has 1 aromatic carbocycles. The van der Waals surface area contributed by atoms with Crippen LogP contribution in [0.5, 0.6) is 0 Å². The highest BCUT2D eigenvalue weighted by molar-refractivity contribution is 7.10. The number of aromatic nitrogens is 1. The van der Waals surface area contributed by atoms with Gasteiger partial charge in [0.05, 0.1) is 27.3 Å². The lowest BCUT2D eigenvalue weighted by Gasteiger charge is -2.23. The molecule has 1 unspecified atom stereocenters. The number of non-ortho nitro benzene ring substituents is 1. The Labute approximate surface area is 197 Å². The molecule has 1 aliphatic rings. The van der Waals surface area contributed by atoms with Gasteiger partial charge in [-0.1, -0.05) is 43.4 Å². The van der Waals surface area contributed by atoms with Crippen LogP contribution in [0.2, 0.25) is 0 Å². The van der Waals surface area contributed by atoms with Gasteiger partial charge in [0.25, 0.3) is 11.2 Å². The van der Waals surface area contributed by atoms with Crippen LogP contribution in [0.25, 0.3) is 6.08 Å². The highest BCUT2D eigenvalue weighted by Gasteiger charge is 2.34. The van der Waals surface area contributed by atoms with Crippen LogP contribution in [0.15, 0.2) is 62.8 Å². The molecule has 0 saturated carbocycles. The summed E-state index contributed by atoms with van der Waals surface area (Å²) in [6, 6.07) is 9.17. The third-order valence-corrected chi connectivity index (χ3v) is 6.89. The lowest BCUT2D eigenvalue weighted by Crippen LogP contribution is -2.39. The molecule has 170 valence electrons. The Morgan fingerprint density at radius 1 is 1.33 bits per heavy atom. The van der Waals surface area contributed by atoms with Crippen LogP contribution < -0.4 is 14.9 Å². The molecule has 2 aromatic heterocycles. The number of ether oxygens (including phenoxy) is 1. The molecule has 33 heavy (non-hydrogen) atoms. The van der Waals surface area contributed by atoms with E-state index >= 15 is 0 Å². The number of nitro groups is 1. The minimum absolute atomic E-state index is 0.0565. The molecule has 1 aliphatic heterocycles. The van der Waals surface area contributed by atoms with E-state index in [9.17, 15) is 19.7 Å². The van der Waals surface area contributed by atoms with Crippen molar-refractivity contribution in [3.8, 4) is 0 Å². The first-order valence-corrected chi connectivity index (χ1v) is 11.9. The fraction of sp³-hybridized carbons (Fsp3) is 0.261. The number of benzene rings is 1. The summed E-state index contributed by atoms with van der Waals surface area (Å²) in [6.07, 6.45) is 1.61. The van der Waals surface area contributed by atoms with E-state index in [4.69, 9.17) is 4.74 Å². The van der Waals surface area contributed by atoms with Crippen molar-refractivity contribution in [1.29, 1.82) is 0 Å². The summed E-state index contributed by atoms with van der Waals surface area (Å²) in [7, 11) is 0. The van der Waals surface area contributed by atoms with Crippen LogP contribution in [0.1, 0.15) is 37.3 Å². The smallest absolute Gasteiger partial charge is 0.338 e. The van der Waals surface area contributed by atoms with Gasteiger partial charge in [0.2, 0.25) is 0 Å². The molecule has 1 atom stereocenters. The number of allylic oxidation sites excluding steroid dienone is 1. The van der Waals surface area contributed by atoms with Crippen molar-refractivity contribution in [2.75, 3.05) is 6.61 Å². The second-order valence-corrected chi connectivity index (χ2v) is 9.93. The van der Waals surface area contributed by atoms with Crippen LogP contribution in [-0.4, -0.2) is 22.1 Å². The Balaban J connectivity index is 1.86. The normalized spacial score (nSPS) is 16.0. The predicted octanol–water partition coefficient (Wildman–Crippen LogP) is 3.40. The molecule has 0 saturated heterocycles. The van der Waals surface area contributed by atoms with Crippen molar-refractivity contribution in [1.82, 2.24) is 4.57 Å². The van der Waals surface area contributed by atoms with Crippen molar-refractivity contribution >= 4 is 40.4 Å². The quantitative estimate of drug-likeness (QED) is 0.304. The number of rotatable bonds is 6. The summed E-state index contributed by atoms with van der Waals surface area (Å²) < 4.78 is 7.39. The van der Waals surface area contributed by atoms with E-state index in [0.717, 1.165) is 4.88 Å². The lowest BCUT2D eigenvalue weighted by molar-refractivity contribution is -0.384. The van der Waals surface area contributed by atoms with Gasteiger partial charge in [0.1, 0.15) is 6.04 Å². The highest BCUT2D eigenvalue weighted by atomic mass is 32.1. The number of hydrogen-bond acceptors (Lipinski definition) is 8. The maximum absolute atomic E-state index is 13.5. The van der Waals surface area contributed by atoms with Crippen LogP contribution in [0, 0.1) is 16.0 Å². The zero-order chi connectivity index (χ0) is 23.7. The first kappa shape index (κ1) is 22.8. The largest absolute Gasteiger partial charge is 0.462 e. The van der Waals surface area contributed by atoms with E-state index in [1.165, 1.54) is 39.4 Å². The summed E-state index contributed by atoms with van der Waals surface area (Å²) in [5.74, 6) is -0.317. The van der Waals surface area contributed by atoms with E-state index in [0.29, 0.717) is 26.2 Å². The second-order valence-electron chi connectivity index (χ2n) is 7.94. The molecule has 8 nitrogen and oxygen atoms in total. The molecule has 0 amide bonds. The first-order valence-electron chi connectivity index (χ1n) is 10.2. The Kier molecular flexibility index (Phi) is 6.39. The fourth-order valence-electron chi connectivity index (χ4n) is 3.50. The topological polar surface area (TPSA) is 104 Å². The van der Waals surface area contributed by atoms with Crippen molar-refractivity contribution < 1.29 is 14.5 Å². The summed E-state index contributed by atoms with van der Waals surface area (Å²) in [5, 5.41) is 13.0. The molecule has 0 fully saturated rings. The third-order valence-electron chi connectivity index (χ3n) is 4.98. The van der Waals surface area contributed by atoms with Crippen LogP contribution in [-0.2, 0) is 9.53 Å². The SMILES string of the molecule is CC1=C(C(=O)OCC(C)C)C(c2cccs2)n2c(sc(=Cc3cccc([N+](=O)[O-])c3)c2=O)=N1. The number of nitrogens with zero attached hydrogens (tertiary/aromatic N) is 3. The van der Waals surface area contributed by atoms with Gasteiger partial charge in [0.15, 0.2) is 4.80 Å². The molecule has 4 rings (SSSR count). The van der Waals surface area contributed by atoms with Gasteiger partial charge >= 0.3 is 5.97 Å². The number of fused-ring (bicyclic) bond motifs is 1. The molecular formula is C23H21N3O5S2. The first-order chi connectivity index (χ1) is 15.8. The van der Waals surface area contributed by atoms with E-state index in [-0.39, 0.29) is 23.8 Å². The fourth-order valence-corrected chi connectivity index (χ4v) is 5.37. The maximum atomic E-state index is 13.5. The molecule has 3 heterocycles. The Bertz CT molecular complexity index is 1430. The molecule has 0 N–H and O–H groups in total. The predicted molar refractivity (Wildman–Crippen MR) is 127 cm³/mol. The van der Waals surface area contributed by atoms with Gasteiger partial charge in [-0.2, -0.15) is 0 Å². The minimum Gasteiger partial charge on any atom is -0.462 e. The molecule has 3 aromatic rings. The number of thiophene rings is 1. The van der Waals surface area contributed by atoms with Crippen LogP contribution in [0.3, 0.4) is 0 Å². The Morgan fingerprint density at radius 2 is 2.12 bits per heavy atom. The number of thiazole rings is 1. The Morgan fingerprint density at radius 3 is 2.79 bits per heavy atom. The zero-order valence-corrected chi connectivity index (χ0v) is 19.8. The molecule has 0 spiro atoms. The van der Waals surface area contributed by atoms with Crippen molar-refractivity contribution in [3.63, 3.8) is 0 Å². The second kappa shape index (κ2) is 9.24. The number of carbonyl (C=O) groups excluding carboxylic acids is 1. The summed E-state index contributed by atoms with van der Waals surface area (Å²) in [4.78, 5) is 42.9.